The first-order chi connectivity index (χ1) is 12.6. The van der Waals surface area contributed by atoms with Gasteiger partial charge in [0.1, 0.15) is 5.75 Å². The zero-order valence-electron chi connectivity index (χ0n) is 15.6. The van der Waals surface area contributed by atoms with Crippen LogP contribution in [0.4, 0.5) is 10.5 Å². The number of ether oxygens (including phenoxy) is 1. The molecule has 1 N–H and O–H groups in total. The molecule has 3 amide bonds. The van der Waals surface area contributed by atoms with Gasteiger partial charge in [0.2, 0.25) is 5.91 Å². The van der Waals surface area contributed by atoms with Crippen LogP contribution in [0.2, 0.25) is 0 Å². The number of amides is 3. The van der Waals surface area contributed by atoms with E-state index in [0.717, 1.165) is 37.5 Å². The molecule has 2 aliphatic rings. The predicted octanol–water partition coefficient (Wildman–Crippen LogP) is 1.54. The lowest BCUT2D eigenvalue weighted by atomic mass is 10.2. The Balaban J connectivity index is 1.48. The topological polar surface area (TPSA) is 65.1 Å². The van der Waals surface area contributed by atoms with E-state index >= 15 is 0 Å². The summed E-state index contributed by atoms with van der Waals surface area (Å²) in [4.78, 5) is 30.4. The summed E-state index contributed by atoms with van der Waals surface area (Å²) < 4.78 is 5.28. The molecular formula is C19H28N4O3. The van der Waals surface area contributed by atoms with Gasteiger partial charge in [-0.25, -0.2) is 4.79 Å². The largest absolute Gasteiger partial charge is 0.497 e. The van der Waals surface area contributed by atoms with Crippen LogP contribution in [0.25, 0.3) is 0 Å². The lowest BCUT2D eigenvalue weighted by Crippen LogP contribution is -2.53. The Morgan fingerprint density at radius 2 is 2.04 bits per heavy atom. The van der Waals surface area contributed by atoms with Gasteiger partial charge in [-0.2, -0.15) is 0 Å². The fraction of sp³-hybridized carbons (Fsp3) is 0.579. The number of carbonyl (C=O) groups excluding carboxylic acids is 2. The molecule has 26 heavy (non-hydrogen) atoms. The Bertz CT molecular complexity index is 643. The molecule has 2 saturated heterocycles. The van der Waals surface area contributed by atoms with Crippen LogP contribution in [0.1, 0.15) is 19.8 Å². The lowest BCUT2D eigenvalue weighted by molar-refractivity contribution is -0.127. The van der Waals surface area contributed by atoms with Crippen molar-refractivity contribution in [3.8, 4) is 5.75 Å². The molecular weight excluding hydrogens is 332 g/mol. The minimum atomic E-state index is -0.0713. The standard InChI is InChI=1S/C19H28N4O3/c1-3-7-23-14-15(12-18(23)24)20-19(25)22-10-8-21(9-11-22)16-5-4-6-17(13-16)26-2/h4-6,13,15H,3,7-12,14H2,1-2H3,(H,20,25)/t15-/m0/s1. The number of likely N-dealkylation sites (tertiary alicyclic amines) is 1. The number of methoxy groups -OCH3 is 1. The van der Waals surface area contributed by atoms with E-state index in [-0.39, 0.29) is 18.0 Å². The highest BCUT2D eigenvalue weighted by Crippen LogP contribution is 2.22. The molecule has 2 heterocycles. The van der Waals surface area contributed by atoms with Crippen molar-refractivity contribution in [2.75, 3.05) is 51.3 Å². The highest BCUT2D eigenvalue weighted by molar-refractivity contribution is 5.81. The Morgan fingerprint density at radius 1 is 1.27 bits per heavy atom. The van der Waals surface area contributed by atoms with Crippen molar-refractivity contribution in [2.45, 2.75) is 25.8 Å². The predicted molar refractivity (Wildman–Crippen MR) is 101 cm³/mol. The third-order valence-electron chi connectivity index (χ3n) is 5.02. The summed E-state index contributed by atoms with van der Waals surface area (Å²) in [6, 6.07) is 7.85. The third-order valence-corrected chi connectivity index (χ3v) is 5.02. The van der Waals surface area contributed by atoms with Crippen LogP contribution in [0.3, 0.4) is 0 Å². The maximum absolute atomic E-state index is 12.5. The smallest absolute Gasteiger partial charge is 0.317 e. The molecule has 0 spiro atoms. The number of rotatable bonds is 5. The monoisotopic (exact) mass is 360 g/mol. The molecule has 0 bridgehead atoms. The van der Waals surface area contributed by atoms with Crippen LogP contribution in [0, 0.1) is 0 Å². The second-order valence-corrected chi connectivity index (χ2v) is 6.87. The van der Waals surface area contributed by atoms with Crippen molar-refractivity contribution >= 4 is 17.6 Å². The highest BCUT2D eigenvalue weighted by atomic mass is 16.5. The van der Waals surface area contributed by atoms with Gasteiger partial charge in [-0.15, -0.1) is 0 Å². The van der Waals surface area contributed by atoms with E-state index in [9.17, 15) is 9.59 Å². The van der Waals surface area contributed by atoms with E-state index in [1.807, 2.05) is 28.0 Å². The van der Waals surface area contributed by atoms with Gasteiger partial charge in [0.25, 0.3) is 0 Å². The van der Waals surface area contributed by atoms with Crippen molar-refractivity contribution in [1.82, 2.24) is 15.1 Å². The molecule has 7 nitrogen and oxygen atoms in total. The van der Waals surface area contributed by atoms with Crippen LogP contribution in [0.15, 0.2) is 24.3 Å². The summed E-state index contributed by atoms with van der Waals surface area (Å²) in [5.74, 6) is 0.977. The first-order valence-electron chi connectivity index (χ1n) is 9.33. The van der Waals surface area contributed by atoms with Crippen LogP contribution < -0.4 is 15.0 Å². The molecule has 2 fully saturated rings. The summed E-state index contributed by atoms with van der Waals surface area (Å²) >= 11 is 0. The molecule has 7 heteroatoms. The molecule has 1 atom stereocenters. The first kappa shape index (κ1) is 18.4. The molecule has 1 aromatic rings. The fourth-order valence-electron chi connectivity index (χ4n) is 3.60. The molecule has 1 aromatic carbocycles. The molecule has 0 aliphatic carbocycles. The maximum Gasteiger partial charge on any atom is 0.317 e. The zero-order valence-corrected chi connectivity index (χ0v) is 15.6. The Hall–Kier alpha value is -2.44. The molecule has 0 radical (unpaired) electrons. The summed E-state index contributed by atoms with van der Waals surface area (Å²) in [5.41, 5.74) is 1.11. The van der Waals surface area contributed by atoms with Crippen LogP contribution >= 0.6 is 0 Å². The number of hydrogen-bond acceptors (Lipinski definition) is 4. The second-order valence-electron chi connectivity index (χ2n) is 6.87. The number of nitrogens with zero attached hydrogens (tertiary/aromatic N) is 3. The number of urea groups is 1. The van der Waals surface area contributed by atoms with Gasteiger partial charge in [0.15, 0.2) is 0 Å². The van der Waals surface area contributed by atoms with Crippen LogP contribution in [-0.4, -0.2) is 74.2 Å². The van der Waals surface area contributed by atoms with Gasteiger partial charge >= 0.3 is 6.03 Å². The Labute approximate surface area is 154 Å². The van der Waals surface area contributed by atoms with Gasteiger partial charge in [0, 0.05) is 57.4 Å². The molecule has 0 aromatic heterocycles. The molecule has 142 valence electrons. The van der Waals surface area contributed by atoms with Crippen molar-refractivity contribution in [3.05, 3.63) is 24.3 Å². The molecule has 0 unspecified atom stereocenters. The SMILES string of the molecule is CCCN1C[C@@H](NC(=O)N2CCN(c3cccc(OC)c3)CC2)CC1=O. The minimum absolute atomic E-state index is 0.0635. The number of carbonyl (C=O) groups is 2. The van der Waals surface area contributed by atoms with Gasteiger partial charge < -0.3 is 24.8 Å². The van der Waals surface area contributed by atoms with Gasteiger partial charge in [-0.05, 0) is 18.6 Å². The summed E-state index contributed by atoms with van der Waals surface area (Å²) in [5, 5.41) is 3.03. The van der Waals surface area contributed by atoms with Crippen molar-refractivity contribution in [2.24, 2.45) is 0 Å². The molecule has 2 aliphatic heterocycles. The van der Waals surface area contributed by atoms with E-state index in [4.69, 9.17) is 4.74 Å². The van der Waals surface area contributed by atoms with Crippen molar-refractivity contribution < 1.29 is 14.3 Å². The number of anilines is 1. The highest BCUT2D eigenvalue weighted by Gasteiger charge is 2.31. The minimum Gasteiger partial charge on any atom is -0.497 e. The zero-order chi connectivity index (χ0) is 18.5. The average Bonchev–Trinajstić information content (AvgIpc) is 3.01. The number of benzene rings is 1. The van der Waals surface area contributed by atoms with E-state index in [1.165, 1.54) is 0 Å². The number of nitrogens with one attached hydrogen (secondary N) is 1. The Morgan fingerprint density at radius 3 is 2.73 bits per heavy atom. The van der Waals surface area contributed by atoms with E-state index in [2.05, 4.69) is 23.2 Å². The van der Waals surface area contributed by atoms with Crippen molar-refractivity contribution in [3.63, 3.8) is 0 Å². The number of piperazine rings is 1. The summed E-state index contributed by atoms with van der Waals surface area (Å²) in [7, 11) is 1.66. The van der Waals surface area contributed by atoms with E-state index in [0.29, 0.717) is 26.1 Å². The fourth-order valence-corrected chi connectivity index (χ4v) is 3.60. The summed E-state index contributed by atoms with van der Waals surface area (Å²) in [6.45, 7) is 6.36. The van der Waals surface area contributed by atoms with Gasteiger partial charge in [-0.1, -0.05) is 13.0 Å². The first-order valence-corrected chi connectivity index (χ1v) is 9.33. The normalized spacial score (nSPS) is 20.5. The number of hydrogen-bond donors (Lipinski definition) is 1. The van der Waals surface area contributed by atoms with Crippen molar-refractivity contribution in [1.29, 1.82) is 0 Å². The van der Waals surface area contributed by atoms with Gasteiger partial charge in [-0.3, -0.25) is 4.79 Å². The molecule has 0 saturated carbocycles. The van der Waals surface area contributed by atoms with Crippen LogP contribution in [-0.2, 0) is 4.79 Å². The Kier molecular flexibility index (Phi) is 5.85. The van der Waals surface area contributed by atoms with E-state index < -0.39 is 0 Å². The third kappa shape index (κ3) is 4.20. The maximum atomic E-state index is 12.5. The van der Waals surface area contributed by atoms with Crippen LogP contribution in [0.5, 0.6) is 5.75 Å². The average molecular weight is 360 g/mol. The van der Waals surface area contributed by atoms with E-state index in [1.54, 1.807) is 7.11 Å². The summed E-state index contributed by atoms with van der Waals surface area (Å²) in [6.07, 6.45) is 1.36. The van der Waals surface area contributed by atoms with Gasteiger partial charge in [0.05, 0.1) is 13.2 Å². The lowest BCUT2D eigenvalue weighted by Gasteiger charge is -2.36. The second kappa shape index (κ2) is 8.29. The molecule has 3 rings (SSSR count). The quantitative estimate of drug-likeness (QED) is 0.865.